The Morgan fingerprint density at radius 2 is 2.31 bits per heavy atom. The van der Waals surface area contributed by atoms with E-state index in [1.54, 1.807) is 6.92 Å². The molecule has 0 aromatic heterocycles. The van der Waals surface area contributed by atoms with Gasteiger partial charge in [0.1, 0.15) is 0 Å². The summed E-state index contributed by atoms with van der Waals surface area (Å²) < 4.78 is 1.08. The third-order valence-corrected chi connectivity index (χ3v) is 4.56. The van der Waals surface area contributed by atoms with Crippen molar-refractivity contribution in [3.8, 4) is 0 Å². The van der Waals surface area contributed by atoms with Crippen LogP contribution in [-0.2, 0) is 4.79 Å². The molecule has 2 nitrogen and oxygen atoms in total. The number of amides is 1. The smallest absolute Gasteiger partial charge is 0.219 e. The van der Waals surface area contributed by atoms with Crippen molar-refractivity contribution in [3.63, 3.8) is 0 Å². The van der Waals surface area contributed by atoms with Gasteiger partial charge >= 0.3 is 0 Å². The lowest BCUT2D eigenvalue weighted by molar-refractivity contribution is -0.129. The normalized spacial score (nSPS) is 19.1. The van der Waals surface area contributed by atoms with Crippen LogP contribution in [0.15, 0.2) is 27.6 Å². The van der Waals surface area contributed by atoms with Gasteiger partial charge in [-0.2, -0.15) is 0 Å². The van der Waals surface area contributed by atoms with E-state index in [1.807, 2.05) is 23.7 Å². The number of thioether (sulfide) groups is 1. The Hall–Kier alpha value is -0.480. The van der Waals surface area contributed by atoms with Gasteiger partial charge in [-0.1, -0.05) is 15.9 Å². The third kappa shape index (κ3) is 2.28. The van der Waals surface area contributed by atoms with Crippen LogP contribution >= 0.6 is 27.7 Å². The maximum atomic E-state index is 11.4. The highest BCUT2D eigenvalue weighted by Gasteiger charge is 2.25. The van der Waals surface area contributed by atoms with E-state index < -0.39 is 0 Å². The number of halogens is 1. The fourth-order valence-corrected chi connectivity index (χ4v) is 3.43. The highest BCUT2D eigenvalue weighted by Crippen LogP contribution is 2.40. The van der Waals surface area contributed by atoms with Crippen LogP contribution < -0.4 is 0 Å². The van der Waals surface area contributed by atoms with Gasteiger partial charge in [-0.3, -0.25) is 4.79 Å². The van der Waals surface area contributed by atoms with E-state index in [9.17, 15) is 4.79 Å². The lowest BCUT2D eigenvalue weighted by Gasteiger charge is -2.32. The van der Waals surface area contributed by atoms with Crippen LogP contribution in [0, 0.1) is 0 Å². The summed E-state index contributed by atoms with van der Waals surface area (Å²) in [6, 6.07) is 6.55. The maximum Gasteiger partial charge on any atom is 0.219 e. The summed E-state index contributed by atoms with van der Waals surface area (Å²) in [6.45, 7) is 1.62. The third-order valence-electron chi connectivity index (χ3n) is 2.94. The molecule has 0 spiro atoms. The molecular formula is C12H14BrNOS. The predicted octanol–water partition coefficient (Wildman–Crippen LogP) is 3.46. The summed E-state index contributed by atoms with van der Waals surface area (Å²) in [4.78, 5) is 14.6. The number of carbonyl (C=O) groups excluding carboxylic acids is 1. The Bertz CT molecular complexity index is 421. The molecule has 1 atom stereocenters. The molecule has 0 N–H and O–H groups in total. The number of nitrogens with zero attached hydrogens (tertiary/aromatic N) is 1. The molecule has 0 saturated heterocycles. The standard InChI is InChI=1S/C12H14BrNOS/c1-8(15)14(2)11-5-6-16-12-4-3-9(13)7-10(11)12/h3-4,7,11H,5-6H2,1-2H3. The zero-order valence-electron chi connectivity index (χ0n) is 9.37. The molecule has 1 unspecified atom stereocenters. The summed E-state index contributed by atoms with van der Waals surface area (Å²) in [7, 11) is 1.88. The van der Waals surface area contributed by atoms with Crippen molar-refractivity contribution < 1.29 is 4.79 Å². The van der Waals surface area contributed by atoms with E-state index in [1.165, 1.54) is 10.5 Å². The molecule has 1 aliphatic rings. The zero-order chi connectivity index (χ0) is 11.7. The first-order valence-electron chi connectivity index (χ1n) is 5.25. The van der Waals surface area contributed by atoms with Gasteiger partial charge in [-0.25, -0.2) is 0 Å². The maximum absolute atomic E-state index is 11.4. The molecule has 0 fully saturated rings. The molecule has 1 aromatic rings. The summed E-state index contributed by atoms with van der Waals surface area (Å²) in [5.74, 6) is 1.21. The molecule has 86 valence electrons. The van der Waals surface area contributed by atoms with Crippen LogP contribution in [0.4, 0.5) is 0 Å². The number of benzene rings is 1. The van der Waals surface area contributed by atoms with Crippen molar-refractivity contribution in [3.05, 3.63) is 28.2 Å². The van der Waals surface area contributed by atoms with Gasteiger partial charge in [-0.15, -0.1) is 11.8 Å². The lowest BCUT2D eigenvalue weighted by atomic mass is 10.0. The van der Waals surface area contributed by atoms with Gasteiger partial charge in [0.25, 0.3) is 0 Å². The van der Waals surface area contributed by atoms with Crippen molar-refractivity contribution in [2.75, 3.05) is 12.8 Å². The van der Waals surface area contributed by atoms with Gasteiger partial charge in [0.05, 0.1) is 6.04 Å². The van der Waals surface area contributed by atoms with Crippen LogP contribution in [0.5, 0.6) is 0 Å². The fourth-order valence-electron chi connectivity index (χ4n) is 1.97. The first-order chi connectivity index (χ1) is 7.59. The molecule has 1 amide bonds. The Morgan fingerprint density at radius 1 is 1.56 bits per heavy atom. The largest absolute Gasteiger partial charge is 0.339 e. The molecule has 0 radical (unpaired) electrons. The summed E-state index contributed by atoms with van der Waals surface area (Å²) >= 11 is 5.36. The minimum Gasteiger partial charge on any atom is -0.339 e. The predicted molar refractivity (Wildman–Crippen MR) is 70.7 cm³/mol. The Morgan fingerprint density at radius 3 is 3.00 bits per heavy atom. The minimum absolute atomic E-state index is 0.128. The van der Waals surface area contributed by atoms with Crippen molar-refractivity contribution >= 4 is 33.6 Å². The van der Waals surface area contributed by atoms with Gasteiger partial charge in [0, 0.05) is 29.1 Å². The quantitative estimate of drug-likeness (QED) is 0.791. The molecule has 0 saturated carbocycles. The average molecular weight is 300 g/mol. The average Bonchev–Trinajstić information content (AvgIpc) is 2.27. The molecule has 4 heteroatoms. The zero-order valence-corrected chi connectivity index (χ0v) is 11.8. The van der Waals surface area contributed by atoms with Crippen molar-refractivity contribution in [2.45, 2.75) is 24.3 Å². The van der Waals surface area contributed by atoms with Gasteiger partial charge in [0.2, 0.25) is 5.91 Å². The van der Waals surface area contributed by atoms with E-state index in [2.05, 4.69) is 34.1 Å². The number of hydrogen-bond donors (Lipinski definition) is 0. The Labute approximate surface area is 109 Å². The molecule has 1 heterocycles. The molecule has 1 aromatic carbocycles. The summed E-state index contributed by atoms with van der Waals surface area (Å²) in [6.07, 6.45) is 1.03. The van der Waals surface area contributed by atoms with Gasteiger partial charge in [0.15, 0.2) is 0 Å². The van der Waals surface area contributed by atoms with Crippen LogP contribution in [-0.4, -0.2) is 23.6 Å². The molecule has 0 aliphatic carbocycles. The molecule has 1 aliphatic heterocycles. The highest BCUT2D eigenvalue weighted by atomic mass is 79.9. The molecule has 16 heavy (non-hydrogen) atoms. The lowest BCUT2D eigenvalue weighted by Crippen LogP contribution is -2.31. The van der Waals surface area contributed by atoms with E-state index in [-0.39, 0.29) is 11.9 Å². The Kier molecular flexibility index (Phi) is 3.60. The first-order valence-corrected chi connectivity index (χ1v) is 7.03. The minimum atomic E-state index is 0.128. The van der Waals surface area contributed by atoms with Gasteiger partial charge < -0.3 is 4.90 Å². The second-order valence-corrected chi connectivity index (χ2v) is 6.02. The van der Waals surface area contributed by atoms with E-state index in [4.69, 9.17) is 0 Å². The topological polar surface area (TPSA) is 20.3 Å². The molecule has 0 bridgehead atoms. The van der Waals surface area contributed by atoms with Crippen LogP contribution in [0.2, 0.25) is 0 Å². The number of hydrogen-bond acceptors (Lipinski definition) is 2. The van der Waals surface area contributed by atoms with E-state index in [0.717, 1.165) is 16.6 Å². The summed E-state index contributed by atoms with van der Waals surface area (Å²) in [5.41, 5.74) is 1.27. The Balaban J connectivity index is 2.38. The van der Waals surface area contributed by atoms with Crippen molar-refractivity contribution in [1.82, 2.24) is 4.90 Å². The number of carbonyl (C=O) groups is 1. The molecular weight excluding hydrogens is 286 g/mol. The van der Waals surface area contributed by atoms with Crippen LogP contribution in [0.1, 0.15) is 24.9 Å². The van der Waals surface area contributed by atoms with Crippen LogP contribution in [0.25, 0.3) is 0 Å². The van der Waals surface area contributed by atoms with Crippen molar-refractivity contribution in [1.29, 1.82) is 0 Å². The number of fused-ring (bicyclic) bond motifs is 1. The van der Waals surface area contributed by atoms with E-state index in [0.29, 0.717) is 0 Å². The fraction of sp³-hybridized carbons (Fsp3) is 0.417. The van der Waals surface area contributed by atoms with Gasteiger partial charge in [-0.05, 0) is 30.2 Å². The monoisotopic (exact) mass is 299 g/mol. The second kappa shape index (κ2) is 4.80. The van der Waals surface area contributed by atoms with Crippen LogP contribution in [0.3, 0.4) is 0 Å². The molecule has 2 rings (SSSR count). The number of rotatable bonds is 1. The van der Waals surface area contributed by atoms with Crippen molar-refractivity contribution in [2.24, 2.45) is 0 Å². The highest BCUT2D eigenvalue weighted by molar-refractivity contribution is 9.10. The SMILES string of the molecule is CC(=O)N(C)C1CCSc2ccc(Br)cc21. The first kappa shape index (κ1) is 12.0. The second-order valence-electron chi connectivity index (χ2n) is 3.97. The summed E-state index contributed by atoms with van der Waals surface area (Å²) in [5, 5.41) is 0. The van der Waals surface area contributed by atoms with E-state index >= 15 is 0 Å².